The molecular weight excluding hydrogens is 342 g/mol. The lowest BCUT2D eigenvalue weighted by Crippen LogP contribution is -2.40. The van der Waals surface area contributed by atoms with Gasteiger partial charge in [0.25, 0.3) is 0 Å². The molecule has 0 fully saturated rings. The largest absolute Gasteiger partial charge is 0.480 e. The lowest BCUT2D eigenvalue weighted by atomic mass is 10.0. The SMILES string of the molecule is CCCCCCCCCCCCCCCC(=O)N[C@@H](CCC(C)=O)C(=O)O. The molecule has 158 valence electrons. The van der Waals surface area contributed by atoms with Gasteiger partial charge in [-0.1, -0.05) is 84.0 Å². The van der Waals surface area contributed by atoms with Crippen LogP contribution in [-0.2, 0) is 14.4 Å². The van der Waals surface area contributed by atoms with Gasteiger partial charge >= 0.3 is 5.97 Å². The first-order valence-corrected chi connectivity index (χ1v) is 11.0. The van der Waals surface area contributed by atoms with Crippen molar-refractivity contribution in [2.24, 2.45) is 0 Å². The Hall–Kier alpha value is -1.39. The van der Waals surface area contributed by atoms with Gasteiger partial charge in [-0.3, -0.25) is 4.79 Å². The van der Waals surface area contributed by atoms with Crippen LogP contribution in [0.1, 0.15) is 117 Å². The van der Waals surface area contributed by atoms with E-state index in [1.807, 2.05) is 0 Å². The average Bonchev–Trinajstić information content (AvgIpc) is 2.62. The zero-order valence-electron chi connectivity index (χ0n) is 17.6. The van der Waals surface area contributed by atoms with Crippen LogP contribution in [0.4, 0.5) is 0 Å². The molecule has 1 amide bonds. The van der Waals surface area contributed by atoms with E-state index < -0.39 is 12.0 Å². The first kappa shape index (κ1) is 25.6. The topological polar surface area (TPSA) is 83.5 Å². The minimum Gasteiger partial charge on any atom is -0.480 e. The fourth-order valence-corrected chi connectivity index (χ4v) is 3.17. The molecule has 0 unspecified atom stereocenters. The summed E-state index contributed by atoms with van der Waals surface area (Å²) in [6.07, 6.45) is 17.0. The van der Waals surface area contributed by atoms with E-state index >= 15 is 0 Å². The fourth-order valence-electron chi connectivity index (χ4n) is 3.17. The van der Waals surface area contributed by atoms with Crippen molar-refractivity contribution in [1.82, 2.24) is 5.32 Å². The van der Waals surface area contributed by atoms with Crippen molar-refractivity contribution in [3.05, 3.63) is 0 Å². The Kier molecular flexibility index (Phi) is 17.1. The second kappa shape index (κ2) is 18.0. The van der Waals surface area contributed by atoms with E-state index in [0.717, 1.165) is 19.3 Å². The molecule has 0 aromatic heterocycles. The highest BCUT2D eigenvalue weighted by atomic mass is 16.4. The molecule has 0 saturated heterocycles. The van der Waals surface area contributed by atoms with E-state index in [9.17, 15) is 14.4 Å². The first-order valence-electron chi connectivity index (χ1n) is 11.0. The van der Waals surface area contributed by atoms with Crippen LogP contribution >= 0.6 is 0 Å². The summed E-state index contributed by atoms with van der Waals surface area (Å²) in [6, 6.07) is -0.955. The van der Waals surface area contributed by atoms with Crippen LogP contribution < -0.4 is 5.32 Å². The highest BCUT2D eigenvalue weighted by Gasteiger charge is 2.19. The number of aliphatic carboxylic acids is 1. The minimum atomic E-state index is -1.07. The maximum absolute atomic E-state index is 11.8. The molecule has 0 saturated carbocycles. The predicted octanol–water partition coefficient (Wildman–Crippen LogP) is 5.41. The predicted molar refractivity (Wildman–Crippen MR) is 110 cm³/mol. The molecule has 0 spiro atoms. The molecule has 27 heavy (non-hydrogen) atoms. The molecule has 0 aliphatic rings. The second-order valence-corrected chi connectivity index (χ2v) is 7.69. The number of amides is 1. The Morgan fingerprint density at radius 1 is 0.741 bits per heavy atom. The van der Waals surface area contributed by atoms with Crippen molar-refractivity contribution in [2.75, 3.05) is 0 Å². The van der Waals surface area contributed by atoms with Gasteiger partial charge in [0.1, 0.15) is 11.8 Å². The Bertz CT molecular complexity index is 409. The van der Waals surface area contributed by atoms with Gasteiger partial charge in [-0.25, -0.2) is 4.79 Å². The number of carboxylic acid groups (broad SMARTS) is 1. The lowest BCUT2D eigenvalue weighted by Gasteiger charge is -2.13. The van der Waals surface area contributed by atoms with Crippen molar-refractivity contribution >= 4 is 17.7 Å². The summed E-state index contributed by atoms with van der Waals surface area (Å²) in [5.41, 5.74) is 0. The van der Waals surface area contributed by atoms with E-state index in [0.29, 0.717) is 6.42 Å². The zero-order valence-corrected chi connectivity index (χ0v) is 17.6. The number of rotatable bonds is 19. The zero-order chi connectivity index (χ0) is 20.3. The number of carbonyl (C=O) groups is 3. The number of Topliss-reactive ketones (excluding diaryl/α,β-unsaturated/α-hetero) is 1. The molecule has 1 atom stereocenters. The van der Waals surface area contributed by atoms with Gasteiger partial charge in [0.2, 0.25) is 5.91 Å². The normalized spacial score (nSPS) is 11.9. The average molecular weight is 384 g/mol. The Balaban J connectivity index is 3.51. The number of hydrogen-bond donors (Lipinski definition) is 2. The van der Waals surface area contributed by atoms with Crippen molar-refractivity contribution in [2.45, 2.75) is 123 Å². The number of carboxylic acids is 1. The molecule has 5 nitrogen and oxygen atoms in total. The standard InChI is InChI=1S/C22H41NO4/c1-3-4-5-6-7-8-9-10-11-12-13-14-15-16-21(25)23-20(22(26)27)18-17-19(2)24/h20H,3-18H2,1-2H3,(H,23,25)(H,26,27)/t20-/m0/s1. The van der Waals surface area contributed by atoms with Gasteiger partial charge in [0, 0.05) is 12.8 Å². The van der Waals surface area contributed by atoms with Crippen LogP contribution in [0, 0.1) is 0 Å². The van der Waals surface area contributed by atoms with Gasteiger partial charge in [0.15, 0.2) is 0 Å². The maximum Gasteiger partial charge on any atom is 0.326 e. The molecule has 0 bridgehead atoms. The molecular formula is C22H41NO4. The minimum absolute atomic E-state index is 0.0630. The Labute approximate surface area is 165 Å². The van der Waals surface area contributed by atoms with Gasteiger partial charge in [-0.05, 0) is 19.8 Å². The third kappa shape index (κ3) is 17.8. The molecule has 0 aliphatic carbocycles. The van der Waals surface area contributed by atoms with Crippen LogP contribution in [0.3, 0.4) is 0 Å². The van der Waals surface area contributed by atoms with E-state index in [1.165, 1.54) is 71.1 Å². The molecule has 0 aliphatic heterocycles. The summed E-state index contributed by atoms with van der Waals surface area (Å²) in [7, 11) is 0. The highest BCUT2D eigenvalue weighted by Crippen LogP contribution is 2.13. The van der Waals surface area contributed by atoms with Crippen LogP contribution in [0.2, 0.25) is 0 Å². The summed E-state index contributed by atoms with van der Waals surface area (Å²) < 4.78 is 0. The van der Waals surface area contributed by atoms with Crippen molar-refractivity contribution < 1.29 is 19.5 Å². The molecule has 5 heteroatoms. The molecule has 0 heterocycles. The number of hydrogen-bond acceptors (Lipinski definition) is 3. The molecule has 0 rings (SSSR count). The summed E-state index contributed by atoms with van der Waals surface area (Å²) in [5.74, 6) is -1.36. The monoisotopic (exact) mass is 383 g/mol. The van der Waals surface area contributed by atoms with Crippen molar-refractivity contribution in [1.29, 1.82) is 0 Å². The van der Waals surface area contributed by atoms with E-state index in [1.54, 1.807) is 0 Å². The number of ketones is 1. The quantitative estimate of drug-likeness (QED) is 0.292. The third-order valence-electron chi connectivity index (χ3n) is 4.93. The van der Waals surface area contributed by atoms with Crippen LogP contribution in [-0.4, -0.2) is 28.8 Å². The van der Waals surface area contributed by atoms with Crippen LogP contribution in [0.15, 0.2) is 0 Å². The van der Waals surface area contributed by atoms with Gasteiger partial charge in [-0.2, -0.15) is 0 Å². The fraction of sp³-hybridized carbons (Fsp3) is 0.864. The van der Waals surface area contributed by atoms with Crippen LogP contribution in [0.5, 0.6) is 0 Å². The van der Waals surface area contributed by atoms with Gasteiger partial charge in [-0.15, -0.1) is 0 Å². The molecule has 0 aromatic carbocycles. The number of carbonyl (C=O) groups excluding carboxylic acids is 2. The number of nitrogens with one attached hydrogen (secondary N) is 1. The third-order valence-corrected chi connectivity index (χ3v) is 4.93. The smallest absolute Gasteiger partial charge is 0.326 e. The van der Waals surface area contributed by atoms with E-state index in [2.05, 4.69) is 12.2 Å². The highest BCUT2D eigenvalue weighted by molar-refractivity contribution is 5.84. The summed E-state index contributed by atoms with van der Waals surface area (Å²) >= 11 is 0. The van der Waals surface area contributed by atoms with E-state index in [-0.39, 0.29) is 24.5 Å². The van der Waals surface area contributed by atoms with E-state index in [4.69, 9.17) is 5.11 Å². The van der Waals surface area contributed by atoms with Crippen LogP contribution in [0.25, 0.3) is 0 Å². The lowest BCUT2D eigenvalue weighted by molar-refractivity contribution is -0.142. The molecule has 2 N–H and O–H groups in total. The summed E-state index contributed by atoms with van der Waals surface area (Å²) in [5, 5.41) is 11.6. The van der Waals surface area contributed by atoms with Crippen molar-refractivity contribution in [3.8, 4) is 0 Å². The first-order chi connectivity index (χ1) is 13.0. The summed E-state index contributed by atoms with van der Waals surface area (Å²) in [4.78, 5) is 33.9. The summed E-state index contributed by atoms with van der Waals surface area (Å²) in [6.45, 7) is 3.67. The molecule has 0 radical (unpaired) electrons. The van der Waals surface area contributed by atoms with Gasteiger partial charge < -0.3 is 15.2 Å². The Morgan fingerprint density at radius 2 is 1.19 bits per heavy atom. The molecule has 0 aromatic rings. The van der Waals surface area contributed by atoms with Crippen molar-refractivity contribution in [3.63, 3.8) is 0 Å². The van der Waals surface area contributed by atoms with Gasteiger partial charge in [0.05, 0.1) is 0 Å². The maximum atomic E-state index is 11.8. The Morgan fingerprint density at radius 3 is 1.59 bits per heavy atom. The second-order valence-electron chi connectivity index (χ2n) is 7.69. The number of unbranched alkanes of at least 4 members (excludes halogenated alkanes) is 12.